The number of anilines is 1. The molecule has 0 aliphatic heterocycles. The number of alkyl halides is 3. The highest BCUT2D eigenvalue weighted by Crippen LogP contribution is 2.32. The Morgan fingerprint density at radius 1 is 1.04 bits per heavy atom. The molecule has 0 spiro atoms. The molecule has 0 radical (unpaired) electrons. The predicted octanol–water partition coefficient (Wildman–Crippen LogP) is 4.51. The minimum absolute atomic E-state index is 0.0875. The van der Waals surface area contributed by atoms with Crippen LogP contribution < -0.4 is 5.32 Å². The van der Waals surface area contributed by atoms with Gasteiger partial charge in [-0.05, 0) is 48.9 Å². The fraction of sp³-hybridized carbons (Fsp3) is 0.222. The Morgan fingerprint density at radius 2 is 1.79 bits per heavy atom. The molecule has 0 saturated carbocycles. The second kappa shape index (κ2) is 5.87. The normalized spacial score (nSPS) is 14.5. The number of aliphatic hydroxyl groups is 1. The summed E-state index contributed by atoms with van der Waals surface area (Å²) in [5, 5.41) is 14.7. The summed E-state index contributed by atoms with van der Waals surface area (Å²) in [7, 11) is 0. The monoisotopic (exact) mass is 334 g/mol. The van der Waals surface area contributed by atoms with E-state index < -0.39 is 17.3 Å². The topological polar surface area (TPSA) is 48.0 Å². The average Bonchev–Trinajstić information content (AvgIpc) is 3.00. The smallest absolute Gasteiger partial charge is 0.384 e. The summed E-state index contributed by atoms with van der Waals surface area (Å²) >= 11 is 0. The van der Waals surface area contributed by atoms with Gasteiger partial charge in [-0.2, -0.15) is 13.2 Å². The van der Waals surface area contributed by atoms with Gasteiger partial charge in [-0.25, -0.2) is 0 Å². The van der Waals surface area contributed by atoms with Crippen LogP contribution in [-0.2, 0) is 11.8 Å². The molecule has 3 rings (SSSR count). The van der Waals surface area contributed by atoms with Crippen molar-refractivity contribution < 1.29 is 18.3 Å². The summed E-state index contributed by atoms with van der Waals surface area (Å²) in [6.07, 6.45) is -2.61. The van der Waals surface area contributed by atoms with Gasteiger partial charge in [0.1, 0.15) is 5.60 Å². The Bertz CT molecular complexity index is 853. The van der Waals surface area contributed by atoms with Gasteiger partial charge < -0.3 is 15.4 Å². The average molecular weight is 334 g/mol. The molecule has 6 heteroatoms. The van der Waals surface area contributed by atoms with Crippen LogP contribution in [0.1, 0.15) is 18.1 Å². The highest BCUT2D eigenvalue weighted by Gasteiger charge is 2.32. The minimum Gasteiger partial charge on any atom is -0.384 e. The van der Waals surface area contributed by atoms with Crippen LogP contribution in [-0.4, -0.2) is 16.6 Å². The van der Waals surface area contributed by atoms with E-state index in [4.69, 9.17) is 0 Å². The lowest BCUT2D eigenvalue weighted by atomic mass is 9.94. The molecule has 0 bridgehead atoms. The number of aromatic nitrogens is 1. The summed E-state index contributed by atoms with van der Waals surface area (Å²) in [5.74, 6) is 0. The van der Waals surface area contributed by atoms with E-state index in [1.54, 1.807) is 0 Å². The Balaban J connectivity index is 1.78. The number of halogens is 3. The van der Waals surface area contributed by atoms with Crippen LogP contribution in [0.5, 0.6) is 0 Å². The molecule has 1 heterocycles. The molecule has 24 heavy (non-hydrogen) atoms. The SMILES string of the molecule is C[C@@](O)(CNc1ccc2[nH]ccc2c1)c1cccc(C(F)(F)F)c1. The molecule has 0 amide bonds. The fourth-order valence-electron chi connectivity index (χ4n) is 2.57. The maximum Gasteiger partial charge on any atom is 0.416 e. The van der Waals surface area contributed by atoms with Crippen molar-refractivity contribution in [2.24, 2.45) is 0 Å². The number of rotatable bonds is 4. The number of H-pyrrole nitrogens is 1. The number of aromatic amines is 1. The van der Waals surface area contributed by atoms with Crippen LogP contribution in [0.25, 0.3) is 10.9 Å². The van der Waals surface area contributed by atoms with Crippen molar-refractivity contribution >= 4 is 16.6 Å². The number of hydrogen-bond donors (Lipinski definition) is 3. The first-order valence-corrected chi connectivity index (χ1v) is 7.47. The maximum atomic E-state index is 12.8. The van der Waals surface area contributed by atoms with E-state index in [0.717, 1.165) is 28.7 Å². The van der Waals surface area contributed by atoms with Crippen molar-refractivity contribution in [3.8, 4) is 0 Å². The third-order valence-corrected chi connectivity index (χ3v) is 4.00. The molecular formula is C18H17F3N2O. The van der Waals surface area contributed by atoms with Crippen LogP contribution in [0.3, 0.4) is 0 Å². The van der Waals surface area contributed by atoms with Crippen molar-refractivity contribution in [2.75, 3.05) is 11.9 Å². The minimum atomic E-state index is -4.43. The van der Waals surface area contributed by atoms with E-state index in [1.807, 2.05) is 30.5 Å². The van der Waals surface area contributed by atoms with E-state index >= 15 is 0 Å². The molecule has 0 fully saturated rings. The first-order valence-electron chi connectivity index (χ1n) is 7.47. The van der Waals surface area contributed by atoms with Gasteiger partial charge in [0.2, 0.25) is 0 Å². The van der Waals surface area contributed by atoms with Crippen LogP contribution in [0, 0.1) is 0 Å². The standard InChI is InChI=1S/C18H17F3N2O/c1-17(24,13-3-2-4-14(10-13)18(19,20)21)11-23-15-5-6-16-12(9-15)7-8-22-16/h2-10,22-24H,11H2,1H3/t17-/m1/s1. The molecule has 3 nitrogen and oxygen atoms in total. The highest BCUT2D eigenvalue weighted by molar-refractivity contribution is 5.82. The second-order valence-electron chi connectivity index (χ2n) is 5.99. The molecule has 126 valence electrons. The maximum absolute atomic E-state index is 12.8. The molecular weight excluding hydrogens is 317 g/mol. The van der Waals surface area contributed by atoms with Crippen LogP contribution in [0.2, 0.25) is 0 Å². The van der Waals surface area contributed by atoms with Crippen molar-refractivity contribution in [1.29, 1.82) is 0 Å². The molecule has 0 aliphatic rings. The van der Waals surface area contributed by atoms with Gasteiger partial charge in [-0.15, -0.1) is 0 Å². The van der Waals surface area contributed by atoms with Gasteiger partial charge in [0.15, 0.2) is 0 Å². The Kier molecular flexibility index (Phi) is 4.01. The van der Waals surface area contributed by atoms with Crippen molar-refractivity contribution in [3.05, 3.63) is 65.9 Å². The van der Waals surface area contributed by atoms with Crippen molar-refractivity contribution in [2.45, 2.75) is 18.7 Å². The van der Waals surface area contributed by atoms with Gasteiger partial charge in [0, 0.05) is 29.3 Å². The summed E-state index contributed by atoms with van der Waals surface area (Å²) in [5.41, 5.74) is -0.213. The van der Waals surface area contributed by atoms with Crippen molar-refractivity contribution in [1.82, 2.24) is 4.98 Å². The summed E-state index contributed by atoms with van der Waals surface area (Å²) in [6, 6.07) is 12.4. The first-order chi connectivity index (χ1) is 11.3. The zero-order chi connectivity index (χ0) is 17.4. The number of nitrogens with one attached hydrogen (secondary N) is 2. The zero-order valence-electron chi connectivity index (χ0n) is 13.0. The van der Waals surface area contributed by atoms with Crippen LogP contribution >= 0.6 is 0 Å². The number of fused-ring (bicyclic) bond motifs is 1. The number of benzene rings is 2. The fourth-order valence-corrected chi connectivity index (χ4v) is 2.57. The Labute approximate surface area is 137 Å². The third-order valence-electron chi connectivity index (χ3n) is 4.00. The molecule has 3 N–H and O–H groups in total. The lowest BCUT2D eigenvalue weighted by Crippen LogP contribution is -2.31. The van der Waals surface area contributed by atoms with E-state index in [2.05, 4.69) is 10.3 Å². The zero-order valence-corrected chi connectivity index (χ0v) is 13.0. The van der Waals surface area contributed by atoms with Gasteiger partial charge in [-0.1, -0.05) is 12.1 Å². The van der Waals surface area contributed by atoms with Crippen LogP contribution in [0.15, 0.2) is 54.7 Å². The molecule has 0 aliphatic carbocycles. The van der Waals surface area contributed by atoms with Gasteiger partial charge in [0.05, 0.1) is 5.56 Å². The summed E-state index contributed by atoms with van der Waals surface area (Å²) in [4.78, 5) is 3.08. The lowest BCUT2D eigenvalue weighted by Gasteiger charge is -2.25. The first kappa shape index (κ1) is 16.4. The molecule has 2 aromatic carbocycles. The molecule has 3 aromatic rings. The van der Waals surface area contributed by atoms with Crippen molar-refractivity contribution in [3.63, 3.8) is 0 Å². The van der Waals surface area contributed by atoms with Gasteiger partial charge >= 0.3 is 6.18 Å². The quantitative estimate of drug-likeness (QED) is 0.658. The van der Waals surface area contributed by atoms with Gasteiger partial charge in [0.25, 0.3) is 0 Å². The lowest BCUT2D eigenvalue weighted by molar-refractivity contribution is -0.137. The molecule has 1 aromatic heterocycles. The van der Waals surface area contributed by atoms with E-state index in [-0.39, 0.29) is 12.1 Å². The summed E-state index contributed by atoms with van der Waals surface area (Å²) in [6.45, 7) is 1.58. The largest absolute Gasteiger partial charge is 0.416 e. The molecule has 0 saturated heterocycles. The van der Waals surface area contributed by atoms with E-state index in [0.29, 0.717) is 0 Å². The third kappa shape index (κ3) is 3.38. The van der Waals surface area contributed by atoms with E-state index in [1.165, 1.54) is 19.1 Å². The highest BCUT2D eigenvalue weighted by atomic mass is 19.4. The Morgan fingerprint density at radius 3 is 2.54 bits per heavy atom. The second-order valence-corrected chi connectivity index (χ2v) is 5.99. The predicted molar refractivity (Wildman–Crippen MR) is 87.8 cm³/mol. The Hall–Kier alpha value is -2.47. The van der Waals surface area contributed by atoms with Crippen LogP contribution in [0.4, 0.5) is 18.9 Å². The summed E-state index contributed by atoms with van der Waals surface area (Å²) < 4.78 is 38.5. The number of hydrogen-bond acceptors (Lipinski definition) is 2. The van der Waals surface area contributed by atoms with Gasteiger partial charge in [-0.3, -0.25) is 0 Å². The molecule has 0 unspecified atom stereocenters. The molecule has 1 atom stereocenters. The van der Waals surface area contributed by atoms with E-state index in [9.17, 15) is 18.3 Å².